The van der Waals surface area contributed by atoms with Gasteiger partial charge in [-0.2, -0.15) is 0 Å². The number of fused-ring (bicyclic) bond motifs is 1. The van der Waals surface area contributed by atoms with Gasteiger partial charge in [0.05, 0.1) is 11.3 Å². The van der Waals surface area contributed by atoms with Crippen molar-refractivity contribution in [3.05, 3.63) is 59.4 Å². The number of pyridine rings is 1. The zero-order valence-electron chi connectivity index (χ0n) is 9.75. The molecule has 0 bridgehead atoms. The molecule has 1 aromatic heterocycles. The molecule has 1 aliphatic rings. The Kier molecular flexibility index (Phi) is 2.72. The first-order valence-corrected chi connectivity index (χ1v) is 6.74. The van der Waals surface area contributed by atoms with Crippen molar-refractivity contribution in [2.75, 3.05) is 6.26 Å². The summed E-state index contributed by atoms with van der Waals surface area (Å²) in [6, 6.07) is 9.60. The normalized spacial score (nSPS) is 13.4. The Bertz CT molecular complexity index is 650. The number of hydrogen-bond donors (Lipinski definition) is 0. The van der Waals surface area contributed by atoms with Crippen molar-refractivity contribution in [1.82, 2.24) is 4.98 Å². The zero-order chi connectivity index (χ0) is 12.5. The van der Waals surface area contributed by atoms with Crippen LogP contribution in [0.3, 0.4) is 0 Å². The number of carbonyl (C=O) groups is 1. The van der Waals surface area contributed by atoms with Gasteiger partial charge in [0.2, 0.25) is 0 Å². The number of rotatable bonds is 2. The van der Waals surface area contributed by atoms with Crippen molar-refractivity contribution in [3.63, 3.8) is 0 Å². The number of benzene rings is 1. The minimum absolute atomic E-state index is 0.159. The van der Waals surface area contributed by atoms with E-state index < -0.39 is 0 Å². The standard InChI is InChI=1S/C14H10N2OS/c1-18-11-6-2-5-10-12(11)14(17)16-13(10)9-4-3-7-15-8-9/h2-8H,1H3. The number of carbonyl (C=O) groups excluding carboxylic acids is 1. The van der Waals surface area contributed by atoms with E-state index in [-0.39, 0.29) is 5.91 Å². The van der Waals surface area contributed by atoms with Crippen LogP contribution in [-0.4, -0.2) is 22.9 Å². The van der Waals surface area contributed by atoms with Crippen LogP contribution in [-0.2, 0) is 0 Å². The van der Waals surface area contributed by atoms with Crippen LogP contribution >= 0.6 is 11.8 Å². The Labute approximate surface area is 109 Å². The molecule has 1 amide bonds. The SMILES string of the molecule is CSc1cccc2c1C(=O)N=C2c1cccnc1. The Morgan fingerprint density at radius 2 is 2.06 bits per heavy atom. The summed E-state index contributed by atoms with van der Waals surface area (Å²) in [6.45, 7) is 0. The van der Waals surface area contributed by atoms with Gasteiger partial charge in [-0.15, -0.1) is 11.8 Å². The van der Waals surface area contributed by atoms with Gasteiger partial charge in [0.25, 0.3) is 5.91 Å². The topological polar surface area (TPSA) is 42.3 Å². The lowest BCUT2D eigenvalue weighted by molar-refractivity contribution is 0.100. The molecule has 3 rings (SSSR count). The van der Waals surface area contributed by atoms with E-state index >= 15 is 0 Å². The fourth-order valence-electron chi connectivity index (χ4n) is 2.06. The highest BCUT2D eigenvalue weighted by molar-refractivity contribution is 7.98. The fraction of sp³-hybridized carbons (Fsp3) is 0.0714. The van der Waals surface area contributed by atoms with E-state index in [2.05, 4.69) is 9.98 Å². The molecule has 0 radical (unpaired) electrons. The molecule has 1 aromatic carbocycles. The maximum absolute atomic E-state index is 12.0. The van der Waals surface area contributed by atoms with Gasteiger partial charge in [0, 0.05) is 28.4 Å². The average molecular weight is 254 g/mol. The third-order valence-corrected chi connectivity index (χ3v) is 3.64. The van der Waals surface area contributed by atoms with Crippen LogP contribution in [0.5, 0.6) is 0 Å². The minimum atomic E-state index is -0.159. The average Bonchev–Trinajstić information content (AvgIpc) is 2.77. The Hall–Kier alpha value is -1.94. The summed E-state index contributed by atoms with van der Waals surface area (Å²) in [7, 11) is 0. The molecule has 1 aliphatic heterocycles. The minimum Gasteiger partial charge on any atom is -0.267 e. The van der Waals surface area contributed by atoms with Gasteiger partial charge in [-0.05, 0) is 24.5 Å². The molecule has 0 unspecified atom stereocenters. The third-order valence-electron chi connectivity index (χ3n) is 2.86. The van der Waals surface area contributed by atoms with Crippen LogP contribution in [0.1, 0.15) is 21.5 Å². The number of aliphatic imine (C=N–C) groups is 1. The molecule has 0 atom stereocenters. The van der Waals surface area contributed by atoms with Crippen molar-refractivity contribution in [3.8, 4) is 0 Å². The second-order valence-corrected chi connectivity index (χ2v) is 4.74. The molecule has 0 N–H and O–H groups in total. The van der Waals surface area contributed by atoms with Gasteiger partial charge in [0.15, 0.2) is 0 Å². The zero-order valence-corrected chi connectivity index (χ0v) is 10.6. The molecule has 2 heterocycles. The summed E-state index contributed by atoms with van der Waals surface area (Å²) >= 11 is 1.57. The Morgan fingerprint density at radius 3 is 2.78 bits per heavy atom. The molecule has 4 heteroatoms. The molecular weight excluding hydrogens is 244 g/mol. The number of nitrogens with zero attached hydrogens (tertiary/aromatic N) is 2. The summed E-state index contributed by atoms with van der Waals surface area (Å²) in [6.07, 6.45) is 5.40. The summed E-state index contributed by atoms with van der Waals surface area (Å²) < 4.78 is 0. The summed E-state index contributed by atoms with van der Waals surface area (Å²) in [5.41, 5.74) is 3.21. The van der Waals surface area contributed by atoms with Crippen LogP contribution in [0.15, 0.2) is 52.6 Å². The quantitative estimate of drug-likeness (QED) is 0.774. The fourth-order valence-corrected chi connectivity index (χ4v) is 2.68. The molecule has 0 saturated carbocycles. The molecular formula is C14H10N2OS. The monoisotopic (exact) mass is 254 g/mol. The number of amides is 1. The first kappa shape index (κ1) is 11.2. The van der Waals surface area contributed by atoms with Crippen molar-refractivity contribution in [2.24, 2.45) is 4.99 Å². The molecule has 0 saturated heterocycles. The molecule has 0 fully saturated rings. The maximum Gasteiger partial charge on any atom is 0.279 e. The predicted octanol–water partition coefficient (Wildman–Crippen LogP) is 2.79. The van der Waals surface area contributed by atoms with E-state index in [1.54, 1.807) is 24.2 Å². The van der Waals surface area contributed by atoms with Crippen molar-refractivity contribution < 1.29 is 4.79 Å². The van der Waals surface area contributed by atoms with E-state index in [1.807, 2.05) is 36.6 Å². The molecule has 0 aliphatic carbocycles. The number of thioether (sulfide) groups is 1. The van der Waals surface area contributed by atoms with Crippen LogP contribution < -0.4 is 0 Å². The lowest BCUT2D eigenvalue weighted by Gasteiger charge is -2.05. The number of hydrogen-bond acceptors (Lipinski definition) is 3. The lowest BCUT2D eigenvalue weighted by atomic mass is 10.0. The summed E-state index contributed by atoms with van der Waals surface area (Å²) in [4.78, 5) is 21.2. The Balaban J connectivity index is 2.19. The van der Waals surface area contributed by atoms with Crippen molar-refractivity contribution >= 4 is 23.4 Å². The van der Waals surface area contributed by atoms with E-state index in [0.29, 0.717) is 5.56 Å². The molecule has 0 spiro atoms. The van der Waals surface area contributed by atoms with E-state index in [0.717, 1.165) is 21.7 Å². The highest BCUT2D eigenvalue weighted by atomic mass is 32.2. The first-order valence-electron chi connectivity index (χ1n) is 5.52. The van der Waals surface area contributed by atoms with Crippen LogP contribution in [0.25, 0.3) is 0 Å². The summed E-state index contributed by atoms with van der Waals surface area (Å²) in [5, 5.41) is 0. The van der Waals surface area contributed by atoms with Crippen LogP contribution in [0.4, 0.5) is 0 Å². The van der Waals surface area contributed by atoms with Crippen LogP contribution in [0, 0.1) is 0 Å². The highest BCUT2D eigenvalue weighted by Crippen LogP contribution is 2.30. The lowest BCUT2D eigenvalue weighted by Crippen LogP contribution is -2.01. The van der Waals surface area contributed by atoms with Gasteiger partial charge in [0.1, 0.15) is 0 Å². The molecule has 18 heavy (non-hydrogen) atoms. The second kappa shape index (κ2) is 4.38. The van der Waals surface area contributed by atoms with Crippen molar-refractivity contribution in [1.29, 1.82) is 0 Å². The number of aromatic nitrogens is 1. The third kappa shape index (κ3) is 1.66. The Morgan fingerprint density at radius 1 is 1.17 bits per heavy atom. The van der Waals surface area contributed by atoms with Crippen LogP contribution in [0.2, 0.25) is 0 Å². The maximum atomic E-state index is 12.0. The highest BCUT2D eigenvalue weighted by Gasteiger charge is 2.26. The van der Waals surface area contributed by atoms with Crippen molar-refractivity contribution in [2.45, 2.75) is 4.90 Å². The van der Waals surface area contributed by atoms with Gasteiger partial charge in [-0.25, -0.2) is 4.99 Å². The van der Waals surface area contributed by atoms with Gasteiger partial charge < -0.3 is 0 Å². The van der Waals surface area contributed by atoms with E-state index in [4.69, 9.17) is 0 Å². The van der Waals surface area contributed by atoms with E-state index in [9.17, 15) is 4.79 Å². The largest absolute Gasteiger partial charge is 0.279 e. The van der Waals surface area contributed by atoms with E-state index in [1.165, 1.54) is 0 Å². The molecule has 88 valence electrons. The smallest absolute Gasteiger partial charge is 0.267 e. The molecule has 3 nitrogen and oxygen atoms in total. The van der Waals surface area contributed by atoms with Gasteiger partial charge in [-0.1, -0.05) is 12.1 Å². The first-order chi connectivity index (χ1) is 8.81. The van der Waals surface area contributed by atoms with Gasteiger partial charge >= 0.3 is 0 Å². The predicted molar refractivity (Wildman–Crippen MR) is 72.4 cm³/mol. The second-order valence-electron chi connectivity index (χ2n) is 3.89. The summed E-state index contributed by atoms with van der Waals surface area (Å²) in [5.74, 6) is -0.159. The van der Waals surface area contributed by atoms with Gasteiger partial charge in [-0.3, -0.25) is 9.78 Å². The molecule has 2 aromatic rings.